The minimum atomic E-state index is -0.332. The molecule has 2 nitrogen and oxygen atoms in total. The molecule has 18 heavy (non-hydrogen) atoms. The standard InChI is InChI=1S/C16H23NO/c1-6-7-11(2)17-12(3)8-13-14(17)9-16(4,5)10-15(13)18/h1,8,11,15,18H,7,9-10H2,2-5H3. The predicted octanol–water partition coefficient (Wildman–Crippen LogP) is 3.39. The van der Waals surface area contributed by atoms with Gasteiger partial charge in [0.2, 0.25) is 0 Å². The van der Waals surface area contributed by atoms with E-state index in [1.807, 2.05) is 0 Å². The van der Waals surface area contributed by atoms with Gasteiger partial charge in [0.25, 0.3) is 0 Å². The van der Waals surface area contributed by atoms with E-state index in [2.05, 4.69) is 44.2 Å². The van der Waals surface area contributed by atoms with Crippen LogP contribution in [0.2, 0.25) is 0 Å². The Bertz CT molecular complexity index is 490. The second kappa shape index (κ2) is 4.48. The fraction of sp³-hybridized carbons (Fsp3) is 0.625. The SMILES string of the molecule is C#CCC(C)n1c(C)cc2c1CC(C)(C)CC2O. The zero-order valence-corrected chi connectivity index (χ0v) is 11.8. The Morgan fingerprint density at radius 1 is 1.61 bits per heavy atom. The van der Waals surface area contributed by atoms with Crippen LogP contribution in [0.1, 0.15) is 62.7 Å². The molecule has 1 aliphatic rings. The van der Waals surface area contributed by atoms with E-state index in [1.165, 1.54) is 11.4 Å². The lowest BCUT2D eigenvalue weighted by molar-refractivity contribution is 0.0976. The largest absolute Gasteiger partial charge is 0.388 e. The van der Waals surface area contributed by atoms with E-state index in [0.29, 0.717) is 6.04 Å². The Hall–Kier alpha value is -1.20. The van der Waals surface area contributed by atoms with Crippen LogP contribution in [0, 0.1) is 24.7 Å². The highest BCUT2D eigenvalue weighted by Gasteiger charge is 2.34. The highest BCUT2D eigenvalue weighted by Crippen LogP contribution is 2.42. The highest BCUT2D eigenvalue weighted by molar-refractivity contribution is 5.34. The van der Waals surface area contributed by atoms with Crippen molar-refractivity contribution in [2.24, 2.45) is 5.41 Å². The number of nitrogens with zero attached hydrogens (tertiary/aromatic N) is 1. The topological polar surface area (TPSA) is 25.2 Å². The van der Waals surface area contributed by atoms with Crippen LogP contribution in [0.3, 0.4) is 0 Å². The molecule has 0 aliphatic heterocycles. The monoisotopic (exact) mass is 245 g/mol. The van der Waals surface area contributed by atoms with E-state index in [0.717, 1.165) is 24.8 Å². The van der Waals surface area contributed by atoms with E-state index < -0.39 is 0 Å². The summed E-state index contributed by atoms with van der Waals surface area (Å²) in [5.41, 5.74) is 3.75. The molecule has 1 aromatic heterocycles. The van der Waals surface area contributed by atoms with Gasteiger partial charge in [0.05, 0.1) is 6.10 Å². The van der Waals surface area contributed by atoms with Crippen LogP contribution in [-0.4, -0.2) is 9.67 Å². The lowest BCUT2D eigenvalue weighted by atomic mass is 9.75. The van der Waals surface area contributed by atoms with Crippen molar-refractivity contribution in [1.82, 2.24) is 4.57 Å². The third kappa shape index (κ3) is 2.20. The summed E-state index contributed by atoms with van der Waals surface area (Å²) in [7, 11) is 0. The molecule has 0 fully saturated rings. The Labute approximate surface area is 110 Å². The van der Waals surface area contributed by atoms with Crippen LogP contribution < -0.4 is 0 Å². The second-order valence-corrected chi connectivity index (χ2v) is 6.38. The van der Waals surface area contributed by atoms with Crippen molar-refractivity contribution in [2.75, 3.05) is 0 Å². The number of aliphatic hydroxyl groups is 1. The Kier molecular flexibility index (Phi) is 3.29. The van der Waals surface area contributed by atoms with Crippen LogP contribution in [0.15, 0.2) is 6.07 Å². The summed E-state index contributed by atoms with van der Waals surface area (Å²) < 4.78 is 2.32. The Morgan fingerprint density at radius 3 is 2.89 bits per heavy atom. The van der Waals surface area contributed by atoms with Crippen molar-refractivity contribution in [1.29, 1.82) is 0 Å². The van der Waals surface area contributed by atoms with Gasteiger partial charge in [-0.1, -0.05) is 13.8 Å². The molecule has 1 aromatic rings. The van der Waals surface area contributed by atoms with Crippen LogP contribution >= 0.6 is 0 Å². The van der Waals surface area contributed by atoms with Crippen LogP contribution in [0.5, 0.6) is 0 Å². The van der Waals surface area contributed by atoms with E-state index in [9.17, 15) is 5.11 Å². The van der Waals surface area contributed by atoms with Gasteiger partial charge in [-0.05, 0) is 38.2 Å². The summed E-state index contributed by atoms with van der Waals surface area (Å²) in [4.78, 5) is 0. The lowest BCUT2D eigenvalue weighted by Gasteiger charge is -2.34. The van der Waals surface area contributed by atoms with Gasteiger partial charge in [-0.25, -0.2) is 0 Å². The second-order valence-electron chi connectivity index (χ2n) is 6.38. The van der Waals surface area contributed by atoms with Gasteiger partial charge in [0, 0.05) is 29.4 Å². The lowest BCUT2D eigenvalue weighted by Crippen LogP contribution is -2.27. The van der Waals surface area contributed by atoms with Crippen molar-refractivity contribution >= 4 is 0 Å². The van der Waals surface area contributed by atoms with Crippen molar-refractivity contribution in [3.63, 3.8) is 0 Å². The number of hydrogen-bond acceptors (Lipinski definition) is 1. The number of terminal acetylenes is 1. The molecule has 0 saturated heterocycles. The molecule has 2 heteroatoms. The number of aromatic nitrogens is 1. The molecule has 0 saturated carbocycles. The molecule has 1 aliphatic carbocycles. The molecule has 1 heterocycles. The summed E-state index contributed by atoms with van der Waals surface area (Å²) in [6.45, 7) is 8.70. The third-order valence-electron chi connectivity index (χ3n) is 3.97. The first-order chi connectivity index (χ1) is 8.35. The van der Waals surface area contributed by atoms with Gasteiger partial charge in [-0.2, -0.15) is 0 Å². The van der Waals surface area contributed by atoms with E-state index in [1.54, 1.807) is 0 Å². The summed E-state index contributed by atoms with van der Waals surface area (Å²) >= 11 is 0. The molecule has 1 N–H and O–H groups in total. The minimum absolute atomic E-state index is 0.158. The average Bonchev–Trinajstić information content (AvgIpc) is 2.53. The molecule has 0 bridgehead atoms. The molecule has 2 atom stereocenters. The summed E-state index contributed by atoms with van der Waals surface area (Å²) in [6.07, 6.45) is 7.69. The molecule has 0 spiro atoms. The molecule has 2 rings (SSSR count). The maximum atomic E-state index is 10.3. The molecule has 98 valence electrons. The molecule has 0 amide bonds. The maximum absolute atomic E-state index is 10.3. The van der Waals surface area contributed by atoms with Crippen molar-refractivity contribution in [3.8, 4) is 12.3 Å². The highest BCUT2D eigenvalue weighted by atomic mass is 16.3. The van der Waals surface area contributed by atoms with Crippen LogP contribution in [-0.2, 0) is 6.42 Å². The fourth-order valence-electron chi connectivity index (χ4n) is 3.24. The Morgan fingerprint density at radius 2 is 2.28 bits per heavy atom. The van der Waals surface area contributed by atoms with E-state index >= 15 is 0 Å². The summed E-state index contributed by atoms with van der Waals surface area (Å²) in [5, 5.41) is 10.3. The number of aryl methyl sites for hydroxylation is 1. The maximum Gasteiger partial charge on any atom is 0.0812 e. The third-order valence-corrected chi connectivity index (χ3v) is 3.97. The van der Waals surface area contributed by atoms with Gasteiger partial charge in [-0.15, -0.1) is 12.3 Å². The van der Waals surface area contributed by atoms with Gasteiger partial charge >= 0.3 is 0 Å². The first-order valence-corrected chi connectivity index (χ1v) is 6.68. The van der Waals surface area contributed by atoms with Crippen molar-refractivity contribution in [3.05, 3.63) is 23.0 Å². The van der Waals surface area contributed by atoms with Crippen LogP contribution in [0.25, 0.3) is 0 Å². The summed E-state index contributed by atoms with van der Waals surface area (Å²) in [5.74, 6) is 2.74. The Balaban J connectivity index is 2.48. The van der Waals surface area contributed by atoms with Crippen molar-refractivity contribution < 1.29 is 5.11 Å². The quantitative estimate of drug-likeness (QED) is 0.794. The number of rotatable bonds is 2. The zero-order chi connectivity index (χ0) is 13.5. The molecule has 0 aromatic carbocycles. The van der Waals surface area contributed by atoms with Gasteiger partial charge in [0.15, 0.2) is 0 Å². The normalized spacial score (nSPS) is 23.2. The molecule has 0 radical (unpaired) electrons. The smallest absolute Gasteiger partial charge is 0.0812 e. The molecular weight excluding hydrogens is 222 g/mol. The predicted molar refractivity (Wildman–Crippen MR) is 74.4 cm³/mol. The van der Waals surface area contributed by atoms with Crippen LogP contribution in [0.4, 0.5) is 0 Å². The van der Waals surface area contributed by atoms with Gasteiger partial charge in [-0.3, -0.25) is 0 Å². The number of fused-ring (bicyclic) bond motifs is 1. The molecule has 2 unspecified atom stereocenters. The zero-order valence-electron chi connectivity index (χ0n) is 11.8. The van der Waals surface area contributed by atoms with Gasteiger partial charge in [0.1, 0.15) is 0 Å². The summed E-state index contributed by atoms with van der Waals surface area (Å²) in [6, 6.07) is 2.43. The first-order valence-electron chi connectivity index (χ1n) is 6.68. The average molecular weight is 245 g/mol. The van der Waals surface area contributed by atoms with Crippen molar-refractivity contribution in [2.45, 2.75) is 59.1 Å². The van der Waals surface area contributed by atoms with E-state index in [4.69, 9.17) is 6.42 Å². The van der Waals surface area contributed by atoms with Gasteiger partial charge < -0.3 is 9.67 Å². The van der Waals surface area contributed by atoms with E-state index in [-0.39, 0.29) is 11.5 Å². The first kappa shape index (κ1) is 13.2. The number of aliphatic hydroxyl groups excluding tert-OH is 1. The fourth-order valence-corrected chi connectivity index (χ4v) is 3.24. The minimum Gasteiger partial charge on any atom is -0.388 e. The number of hydrogen-bond donors (Lipinski definition) is 1. The molecular formula is C16H23NO.